The van der Waals surface area contributed by atoms with Gasteiger partial charge in [-0.25, -0.2) is 14.8 Å². The van der Waals surface area contributed by atoms with Crippen LogP contribution in [0.3, 0.4) is 0 Å². The summed E-state index contributed by atoms with van der Waals surface area (Å²) in [5.74, 6) is -0.321. The van der Waals surface area contributed by atoms with E-state index in [4.69, 9.17) is 10.2 Å². The summed E-state index contributed by atoms with van der Waals surface area (Å²) < 4.78 is 0. The number of rotatable bonds is 4. The van der Waals surface area contributed by atoms with Crippen LogP contribution in [-0.2, 0) is 0 Å². The van der Waals surface area contributed by atoms with Crippen molar-refractivity contribution in [2.45, 2.75) is 18.9 Å². The molecule has 0 saturated heterocycles. The minimum absolute atomic E-state index is 0.0221. The zero-order chi connectivity index (χ0) is 11.5. The van der Waals surface area contributed by atoms with Crippen LogP contribution in [0.15, 0.2) is 12.3 Å². The van der Waals surface area contributed by atoms with Gasteiger partial charge in [-0.05, 0) is 24.8 Å². The Balaban J connectivity index is 1.89. The Kier molecular flexibility index (Phi) is 3.00. The normalized spacial score (nSPS) is 23.6. The molecule has 0 aromatic carbocycles. The Morgan fingerprint density at radius 3 is 2.94 bits per heavy atom. The molecule has 1 aromatic heterocycles. The number of anilines is 1. The number of carboxylic acid groups (broad SMARTS) is 1. The lowest BCUT2D eigenvalue weighted by atomic mass is 9.82. The molecule has 0 amide bonds. The van der Waals surface area contributed by atoms with E-state index in [0.717, 1.165) is 12.8 Å². The molecule has 0 spiro atoms. The zero-order valence-electron chi connectivity index (χ0n) is 8.63. The van der Waals surface area contributed by atoms with Gasteiger partial charge in [0.25, 0.3) is 0 Å². The summed E-state index contributed by atoms with van der Waals surface area (Å²) >= 11 is 0. The van der Waals surface area contributed by atoms with Crippen molar-refractivity contribution >= 4 is 11.9 Å². The van der Waals surface area contributed by atoms with E-state index in [1.807, 2.05) is 0 Å². The van der Waals surface area contributed by atoms with Crippen LogP contribution < -0.4 is 5.32 Å². The number of hydrogen-bond donors (Lipinski definition) is 3. The van der Waals surface area contributed by atoms with E-state index in [-0.39, 0.29) is 11.8 Å². The van der Waals surface area contributed by atoms with E-state index in [9.17, 15) is 4.79 Å². The largest absolute Gasteiger partial charge is 0.477 e. The quantitative estimate of drug-likeness (QED) is 0.682. The van der Waals surface area contributed by atoms with Gasteiger partial charge in [-0.1, -0.05) is 0 Å². The first-order chi connectivity index (χ1) is 7.65. The van der Waals surface area contributed by atoms with Crippen molar-refractivity contribution in [1.29, 1.82) is 0 Å². The molecular weight excluding hydrogens is 210 g/mol. The number of aliphatic hydroxyl groups excluding tert-OH is 1. The van der Waals surface area contributed by atoms with Crippen LogP contribution in [-0.4, -0.2) is 38.8 Å². The van der Waals surface area contributed by atoms with Gasteiger partial charge in [0, 0.05) is 12.7 Å². The molecular formula is C10H13N3O3. The molecule has 6 nitrogen and oxygen atoms in total. The highest BCUT2D eigenvalue weighted by Gasteiger charge is 2.26. The predicted octanol–water partition coefficient (Wildman–Crippen LogP) is 0.358. The maximum Gasteiger partial charge on any atom is 0.354 e. The third-order valence-corrected chi connectivity index (χ3v) is 2.63. The summed E-state index contributed by atoms with van der Waals surface area (Å²) in [6, 6.07) is 1.35. The van der Waals surface area contributed by atoms with Crippen molar-refractivity contribution in [2.24, 2.45) is 5.92 Å². The zero-order valence-corrected chi connectivity index (χ0v) is 8.63. The predicted molar refractivity (Wildman–Crippen MR) is 56.2 cm³/mol. The molecule has 1 saturated carbocycles. The topological polar surface area (TPSA) is 95.3 Å². The van der Waals surface area contributed by atoms with Crippen LogP contribution in [0.1, 0.15) is 23.3 Å². The number of aromatic carboxylic acids is 1. The van der Waals surface area contributed by atoms with Crippen molar-refractivity contribution < 1.29 is 15.0 Å². The number of carboxylic acids is 1. The fraction of sp³-hybridized carbons (Fsp3) is 0.500. The summed E-state index contributed by atoms with van der Waals surface area (Å²) in [4.78, 5) is 18.4. The summed E-state index contributed by atoms with van der Waals surface area (Å²) in [5, 5.41) is 20.8. The standard InChI is InChI=1S/C10H13N3O3/c14-7-3-6(4-7)5-12-10-11-2-1-8(13-10)9(15)16/h1-2,6-7,14H,3-5H2,(H,15,16)(H,11,12,13). The molecule has 0 bridgehead atoms. The number of nitrogens with one attached hydrogen (secondary N) is 1. The van der Waals surface area contributed by atoms with Crippen LogP contribution >= 0.6 is 0 Å². The molecule has 0 atom stereocenters. The summed E-state index contributed by atoms with van der Waals surface area (Å²) in [5.41, 5.74) is -0.0221. The van der Waals surface area contributed by atoms with Gasteiger partial charge >= 0.3 is 5.97 Å². The van der Waals surface area contributed by atoms with Gasteiger partial charge in [0.2, 0.25) is 5.95 Å². The van der Waals surface area contributed by atoms with Gasteiger partial charge in [-0.3, -0.25) is 0 Å². The molecule has 1 aliphatic rings. The Hall–Kier alpha value is -1.69. The molecule has 1 fully saturated rings. The Morgan fingerprint density at radius 1 is 1.56 bits per heavy atom. The minimum atomic E-state index is -1.07. The van der Waals surface area contributed by atoms with Crippen LogP contribution in [0.25, 0.3) is 0 Å². The number of aromatic nitrogens is 2. The van der Waals surface area contributed by atoms with Gasteiger partial charge in [0.1, 0.15) is 0 Å². The Labute approximate surface area is 92.4 Å². The van der Waals surface area contributed by atoms with Crippen LogP contribution in [0.5, 0.6) is 0 Å². The minimum Gasteiger partial charge on any atom is -0.477 e. The Morgan fingerprint density at radius 2 is 2.31 bits per heavy atom. The van der Waals surface area contributed by atoms with Gasteiger partial charge in [-0.2, -0.15) is 0 Å². The molecule has 1 heterocycles. The Bertz CT molecular complexity index is 391. The molecule has 1 aliphatic carbocycles. The molecule has 0 aliphatic heterocycles. The van der Waals surface area contributed by atoms with E-state index < -0.39 is 5.97 Å². The second-order valence-electron chi connectivity index (χ2n) is 3.94. The number of aliphatic hydroxyl groups is 1. The third kappa shape index (κ3) is 2.46. The van der Waals surface area contributed by atoms with Crippen LogP contribution in [0, 0.1) is 5.92 Å². The molecule has 6 heteroatoms. The van der Waals surface area contributed by atoms with Crippen molar-refractivity contribution in [2.75, 3.05) is 11.9 Å². The molecule has 3 N–H and O–H groups in total. The maximum atomic E-state index is 10.7. The molecule has 86 valence electrons. The van der Waals surface area contributed by atoms with Crippen molar-refractivity contribution in [3.05, 3.63) is 18.0 Å². The second kappa shape index (κ2) is 4.44. The van der Waals surface area contributed by atoms with E-state index in [0.29, 0.717) is 18.4 Å². The maximum absolute atomic E-state index is 10.7. The van der Waals surface area contributed by atoms with Crippen molar-refractivity contribution in [3.8, 4) is 0 Å². The highest BCUT2D eigenvalue weighted by atomic mass is 16.4. The highest BCUT2D eigenvalue weighted by molar-refractivity contribution is 5.85. The average Bonchev–Trinajstić information content (AvgIpc) is 2.23. The summed E-state index contributed by atoms with van der Waals surface area (Å²) in [7, 11) is 0. The smallest absolute Gasteiger partial charge is 0.354 e. The van der Waals surface area contributed by atoms with Crippen LogP contribution in [0.4, 0.5) is 5.95 Å². The van der Waals surface area contributed by atoms with E-state index in [1.54, 1.807) is 0 Å². The van der Waals surface area contributed by atoms with Crippen molar-refractivity contribution in [1.82, 2.24) is 9.97 Å². The lowest BCUT2D eigenvalue weighted by molar-refractivity contribution is 0.0486. The summed E-state index contributed by atoms with van der Waals surface area (Å²) in [6.45, 7) is 0.667. The van der Waals surface area contributed by atoms with E-state index >= 15 is 0 Å². The molecule has 0 unspecified atom stereocenters. The third-order valence-electron chi connectivity index (χ3n) is 2.63. The first-order valence-electron chi connectivity index (χ1n) is 5.13. The molecule has 1 aromatic rings. The molecule has 2 rings (SSSR count). The van der Waals surface area contributed by atoms with E-state index in [2.05, 4.69) is 15.3 Å². The molecule has 0 radical (unpaired) electrons. The lowest BCUT2D eigenvalue weighted by Gasteiger charge is -2.31. The highest BCUT2D eigenvalue weighted by Crippen LogP contribution is 2.26. The fourth-order valence-corrected chi connectivity index (χ4v) is 1.67. The fourth-order valence-electron chi connectivity index (χ4n) is 1.67. The first-order valence-corrected chi connectivity index (χ1v) is 5.13. The van der Waals surface area contributed by atoms with E-state index in [1.165, 1.54) is 12.3 Å². The lowest BCUT2D eigenvalue weighted by Crippen LogP contribution is -2.33. The second-order valence-corrected chi connectivity index (χ2v) is 3.94. The number of nitrogens with zero attached hydrogens (tertiary/aromatic N) is 2. The van der Waals surface area contributed by atoms with Crippen molar-refractivity contribution in [3.63, 3.8) is 0 Å². The number of hydrogen-bond acceptors (Lipinski definition) is 5. The van der Waals surface area contributed by atoms with Crippen LogP contribution in [0.2, 0.25) is 0 Å². The average molecular weight is 223 g/mol. The SMILES string of the molecule is O=C(O)c1ccnc(NCC2CC(O)C2)n1. The monoisotopic (exact) mass is 223 g/mol. The van der Waals surface area contributed by atoms with Gasteiger partial charge in [0.05, 0.1) is 6.10 Å². The first kappa shape index (κ1) is 10.8. The molecule has 16 heavy (non-hydrogen) atoms. The summed E-state index contributed by atoms with van der Waals surface area (Å²) in [6.07, 6.45) is 2.80. The van der Waals surface area contributed by atoms with Gasteiger partial charge in [-0.15, -0.1) is 0 Å². The number of carbonyl (C=O) groups is 1. The van der Waals surface area contributed by atoms with Gasteiger partial charge < -0.3 is 15.5 Å². The van der Waals surface area contributed by atoms with Gasteiger partial charge in [0.15, 0.2) is 5.69 Å².